The highest BCUT2D eigenvalue weighted by Gasteiger charge is 2.25. The van der Waals surface area contributed by atoms with Crippen LogP contribution in [0.1, 0.15) is 29.3 Å². The number of benzene rings is 2. The molecule has 1 unspecified atom stereocenters. The van der Waals surface area contributed by atoms with Gasteiger partial charge in [-0.15, -0.1) is 0 Å². The smallest absolute Gasteiger partial charge is 0.257 e. The summed E-state index contributed by atoms with van der Waals surface area (Å²) in [4.78, 5) is 14.9. The highest BCUT2D eigenvalue weighted by Crippen LogP contribution is 2.29. The molecule has 0 saturated carbocycles. The number of nitrogens with zero attached hydrogens (tertiary/aromatic N) is 2. The molecule has 1 saturated heterocycles. The summed E-state index contributed by atoms with van der Waals surface area (Å²) in [6.45, 7) is 3.79. The predicted octanol–water partition coefficient (Wildman–Crippen LogP) is 3.60. The summed E-state index contributed by atoms with van der Waals surface area (Å²) in [5.74, 6) is 0.813. The standard InChI is InChI=1S/C20H20N2O3/c1-15-10-12-24-13-11-22(15)20(23)17-7-3-5-9-19(17)25-18-8-4-2-6-16(18)14-21/h2-9,15H,10-13H2,1H3. The summed E-state index contributed by atoms with van der Waals surface area (Å²) in [6, 6.07) is 16.3. The lowest BCUT2D eigenvalue weighted by molar-refractivity contribution is 0.0684. The largest absolute Gasteiger partial charge is 0.455 e. The van der Waals surface area contributed by atoms with E-state index in [1.54, 1.807) is 36.4 Å². The molecule has 0 radical (unpaired) electrons. The molecule has 128 valence electrons. The molecule has 25 heavy (non-hydrogen) atoms. The van der Waals surface area contributed by atoms with Gasteiger partial charge in [-0.3, -0.25) is 4.79 Å². The van der Waals surface area contributed by atoms with Crippen molar-refractivity contribution in [2.24, 2.45) is 0 Å². The molecule has 0 aliphatic carbocycles. The van der Waals surface area contributed by atoms with E-state index >= 15 is 0 Å². The molecule has 1 fully saturated rings. The molecule has 3 rings (SSSR count). The van der Waals surface area contributed by atoms with E-state index in [1.165, 1.54) is 0 Å². The Labute approximate surface area is 147 Å². The Bertz CT molecular complexity index is 798. The van der Waals surface area contributed by atoms with Crippen LogP contribution in [0.5, 0.6) is 11.5 Å². The second-order valence-corrected chi connectivity index (χ2v) is 5.95. The SMILES string of the molecule is CC1CCOCCN1C(=O)c1ccccc1Oc1ccccc1C#N. The number of ether oxygens (including phenoxy) is 2. The summed E-state index contributed by atoms with van der Waals surface area (Å²) in [6.07, 6.45) is 0.812. The number of rotatable bonds is 3. The second-order valence-electron chi connectivity index (χ2n) is 5.95. The van der Waals surface area contributed by atoms with Gasteiger partial charge in [0.05, 0.1) is 17.7 Å². The van der Waals surface area contributed by atoms with Crippen LogP contribution in [-0.2, 0) is 4.74 Å². The molecule has 2 aromatic rings. The number of hydrogen-bond acceptors (Lipinski definition) is 4. The maximum Gasteiger partial charge on any atom is 0.257 e. The zero-order valence-electron chi connectivity index (χ0n) is 14.1. The van der Waals surface area contributed by atoms with Crippen molar-refractivity contribution in [3.05, 3.63) is 59.7 Å². The van der Waals surface area contributed by atoms with Crippen molar-refractivity contribution >= 4 is 5.91 Å². The molecule has 1 amide bonds. The quantitative estimate of drug-likeness (QED) is 0.859. The molecule has 0 bridgehead atoms. The van der Waals surface area contributed by atoms with Crippen LogP contribution in [-0.4, -0.2) is 36.6 Å². The van der Waals surface area contributed by atoms with E-state index in [0.717, 1.165) is 6.42 Å². The zero-order chi connectivity index (χ0) is 17.6. The van der Waals surface area contributed by atoms with Gasteiger partial charge >= 0.3 is 0 Å². The highest BCUT2D eigenvalue weighted by atomic mass is 16.5. The molecule has 0 aromatic heterocycles. The summed E-state index contributed by atoms with van der Waals surface area (Å²) >= 11 is 0. The van der Waals surface area contributed by atoms with Crippen molar-refractivity contribution in [2.45, 2.75) is 19.4 Å². The first-order chi connectivity index (χ1) is 12.2. The highest BCUT2D eigenvalue weighted by molar-refractivity contribution is 5.97. The lowest BCUT2D eigenvalue weighted by atomic mass is 10.1. The Morgan fingerprint density at radius 3 is 2.68 bits per heavy atom. The van der Waals surface area contributed by atoms with Gasteiger partial charge in [0.15, 0.2) is 0 Å². The van der Waals surface area contributed by atoms with E-state index in [-0.39, 0.29) is 11.9 Å². The van der Waals surface area contributed by atoms with Crippen LogP contribution in [0.15, 0.2) is 48.5 Å². The van der Waals surface area contributed by atoms with Crippen molar-refractivity contribution < 1.29 is 14.3 Å². The van der Waals surface area contributed by atoms with Crippen LogP contribution in [0.3, 0.4) is 0 Å². The second kappa shape index (κ2) is 7.82. The molecule has 0 spiro atoms. The van der Waals surface area contributed by atoms with Crippen LogP contribution in [0.25, 0.3) is 0 Å². The van der Waals surface area contributed by atoms with Gasteiger partial charge in [0.2, 0.25) is 0 Å². The average Bonchev–Trinajstić information content (AvgIpc) is 2.86. The number of carbonyl (C=O) groups is 1. The van der Waals surface area contributed by atoms with Crippen LogP contribution >= 0.6 is 0 Å². The first kappa shape index (κ1) is 17.0. The van der Waals surface area contributed by atoms with E-state index in [1.807, 2.05) is 24.0 Å². The van der Waals surface area contributed by atoms with Crippen molar-refractivity contribution in [1.29, 1.82) is 5.26 Å². The van der Waals surface area contributed by atoms with Crippen molar-refractivity contribution in [2.75, 3.05) is 19.8 Å². The van der Waals surface area contributed by atoms with Crippen LogP contribution in [0.2, 0.25) is 0 Å². The summed E-state index contributed by atoms with van der Waals surface area (Å²) in [7, 11) is 0. The molecule has 0 N–H and O–H groups in total. The topological polar surface area (TPSA) is 62.6 Å². The first-order valence-electron chi connectivity index (χ1n) is 8.35. The van der Waals surface area contributed by atoms with Gasteiger partial charge in [-0.1, -0.05) is 24.3 Å². The lowest BCUT2D eigenvalue weighted by Gasteiger charge is -2.27. The molecule has 1 atom stereocenters. The maximum atomic E-state index is 13.1. The van der Waals surface area contributed by atoms with Gasteiger partial charge in [-0.2, -0.15) is 5.26 Å². The molecule has 2 aromatic carbocycles. The zero-order valence-corrected chi connectivity index (χ0v) is 14.1. The molecule has 1 aliphatic heterocycles. The van der Waals surface area contributed by atoms with Gasteiger partial charge < -0.3 is 14.4 Å². The van der Waals surface area contributed by atoms with Gasteiger partial charge in [0.25, 0.3) is 5.91 Å². The minimum absolute atomic E-state index is 0.0805. The summed E-state index contributed by atoms with van der Waals surface area (Å²) < 4.78 is 11.4. The Morgan fingerprint density at radius 1 is 1.16 bits per heavy atom. The summed E-state index contributed by atoms with van der Waals surface area (Å²) in [5, 5.41) is 9.23. The Hall–Kier alpha value is -2.84. The third-order valence-electron chi connectivity index (χ3n) is 4.29. The van der Waals surface area contributed by atoms with Crippen LogP contribution in [0, 0.1) is 11.3 Å². The Kier molecular flexibility index (Phi) is 5.32. The third kappa shape index (κ3) is 3.81. The molecule has 5 nitrogen and oxygen atoms in total. The normalized spacial score (nSPS) is 17.4. The minimum atomic E-state index is -0.0805. The van der Waals surface area contributed by atoms with Gasteiger partial charge in [0.1, 0.15) is 17.6 Å². The molecule has 5 heteroatoms. The Balaban J connectivity index is 1.90. The van der Waals surface area contributed by atoms with Crippen LogP contribution in [0.4, 0.5) is 0 Å². The maximum absolute atomic E-state index is 13.1. The Morgan fingerprint density at radius 2 is 1.88 bits per heavy atom. The molecule has 1 heterocycles. The fourth-order valence-electron chi connectivity index (χ4n) is 2.85. The first-order valence-corrected chi connectivity index (χ1v) is 8.35. The molecule has 1 aliphatic rings. The van der Waals surface area contributed by atoms with E-state index in [2.05, 4.69) is 6.07 Å². The van der Waals surface area contributed by atoms with E-state index in [4.69, 9.17) is 9.47 Å². The average molecular weight is 336 g/mol. The molecular formula is C20H20N2O3. The van der Waals surface area contributed by atoms with Gasteiger partial charge in [0, 0.05) is 19.2 Å². The predicted molar refractivity (Wildman–Crippen MR) is 93.6 cm³/mol. The number of nitriles is 1. The lowest BCUT2D eigenvalue weighted by Crippen LogP contribution is -2.39. The van der Waals surface area contributed by atoms with E-state index < -0.39 is 0 Å². The minimum Gasteiger partial charge on any atom is -0.455 e. The monoisotopic (exact) mass is 336 g/mol. The number of carbonyl (C=O) groups excluding carboxylic acids is 1. The van der Waals surface area contributed by atoms with Crippen molar-refractivity contribution in [1.82, 2.24) is 4.90 Å². The molecular weight excluding hydrogens is 316 g/mol. The summed E-state index contributed by atoms with van der Waals surface area (Å²) in [5.41, 5.74) is 0.922. The van der Waals surface area contributed by atoms with Crippen molar-refractivity contribution in [3.63, 3.8) is 0 Å². The number of para-hydroxylation sites is 2. The van der Waals surface area contributed by atoms with E-state index in [9.17, 15) is 10.1 Å². The fourth-order valence-corrected chi connectivity index (χ4v) is 2.85. The van der Waals surface area contributed by atoms with Gasteiger partial charge in [-0.05, 0) is 37.6 Å². The van der Waals surface area contributed by atoms with E-state index in [0.29, 0.717) is 42.4 Å². The van der Waals surface area contributed by atoms with Crippen LogP contribution < -0.4 is 4.74 Å². The number of amides is 1. The van der Waals surface area contributed by atoms with Crippen molar-refractivity contribution in [3.8, 4) is 17.6 Å². The fraction of sp³-hybridized carbons (Fsp3) is 0.300. The van der Waals surface area contributed by atoms with Gasteiger partial charge in [-0.25, -0.2) is 0 Å². The number of hydrogen-bond donors (Lipinski definition) is 0. The third-order valence-corrected chi connectivity index (χ3v) is 4.29.